The largest absolute Gasteiger partial charge is 0.496 e. The Labute approximate surface area is 131 Å². The normalized spacial score (nSPS) is 12.1. The van der Waals surface area contributed by atoms with E-state index in [1.165, 1.54) is 0 Å². The van der Waals surface area contributed by atoms with Crippen LogP contribution in [0.25, 0.3) is 0 Å². The smallest absolute Gasteiger partial charge is 0.139 e. The Morgan fingerprint density at radius 1 is 1.14 bits per heavy atom. The number of ether oxygens (including phenoxy) is 2. The zero-order chi connectivity index (χ0) is 15.9. The molecule has 0 aliphatic carbocycles. The molecule has 2 N–H and O–H groups in total. The van der Waals surface area contributed by atoms with Gasteiger partial charge in [0.2, 0.25) is 0 Å². The van der Waals surface area contributed by atoms with Crippen LogP contribution < -0.4 is 10.2 Å². The molecule has 116 valence electrons. The van der Waals surface area contributed by atoms with Crippen LogP contribution in [0, 0.1) is 0 Å². The van der Waals surface area contributed by atoms with Gasteiger partial charge >= 0.3 is 0 Å². The fraction of sp³-hybridized carbons (Fsp3) is 0.294. The molecule has 0 bridgehead atoms. The van der Waals surface area contributed by atoms with Gasteiger partial charge in [-0.15, -0.1) is 0 Å². The summed E-state index contributed by atoms with van der Waals surface area (Å²) in [6, 6.07) is 13.3. The van der Waals surface area contributed by atoms with E-state index in [1.54, 1.807) is 7.11 Å². The van der Waals surface area contributed by atoms with Gasteiger partial charge in [-0.3, -0.25) is 0 Å². The fourth-order valence-electron chi connectivity index (χ4n) is 2.47. The van der Waals surface area contributed by atoms with Crippen LogP contribution in [0.4, 0.5) is 0 Å². The molecule has 0 aliphatic heterocycles. The summed E-state index contributed by atoms with van der Waals surface area (Å²) >= 11 is 0. The molecule has 5 heteroatoms. The van der Waals surface area contributed by atoms with Crippen LogP contribution in [-0.4, -0.2) is 31.8 Å². The highest BCUT2D eigenvalue weighted by molar-refractivity contribution is 6.32. The van der Waals surface area contributed by atoms with Gasteiger partial charge in [0.1, 0.15) is 19.7 Å². The van der Waals surface area contributed by atoms with Crippen LogP contribution in [0.15, 0.2) is 42.5 Å². The highest BCUT2D eigenvalue weighted by Crippen LogP contribution is 2.24. The average molecular weight is 300 g/mol. The molecular weight excluding hydrogens is 279 g/mol. The number of hydrogen-bond acceptors (Lipinski definition) is 4. The predicted molar refractivity (Wildman–Crippen MR) is 88.2 cm³/mol. The molecule has 1 atom stereocenters. The van der Waals surface area contributed by atoms with E-state index in [-0.39, 0.29) is 13.2 Å². The van der Waals surface area contributed by atoms with Crippen molar-refractivity contribution in [3.8, 4) is 5.75 Å². The lowest BCUT2D eigenvalue weighted by molar-refractivity contribution is 0.0270. The summed E-state index contributed by atoms with van der Waals surface area (Å²) in [7, 11) is 3.53. The van der Waals surface area contributed by atoms with Gasteiger partial charge in [-0.05, 0) is 5.56 Å². The fourth-order valence-corrected chi connectivity index (χ4v) is 2.47. The topological polar surface area (TPSA) is 58.9 Å². The van der Waals surface area contributed by atoms with E-state index in [9.17, 15) is 10.2 Å². The van der Waals surface area contributed by atoms with Crippen molar-refractivity contribution in [3.63, 3.8) is 0 Å². The monoisotopic (exact) mass is 300 g/mol. The second-order valence-electron chi connectivity index (χ2n) is 5.22. The number of hydrogen-bond donors (Lipinski definition) is 2. The first-order valence-corrected chi connectivity index (χ1v) is 7.23. The van der Waals surface area contributed by atoms with Crippen molar-refractivity contribution in [2.24, 2.45) is 0 Å². The summed E-state index contributed by atoms with van der Waals surface area (Å²) < 4.78 is 11.0. The lowest BCUT2D eigenvalue weighted by atomic mass is 9.91. The Kier molecular flexibility index (Phi) is 6.01. The van der Waals surface area contributed by atoms with E-state index in [0.29, 0.717) is 12.4 Å². The minimum Gasteiger partial charge on any atom is -0.496 e. The van der Waals surface area contributed by atoms with Crippen molar-refractivity contribution in [1.29, 1.82) is 0 Å². The number of aliphatic hydroxyl groups is 2. The Morgan fingerprint density at radius 3 is 2.45 bits per heavy atom. The Bertz CT molecular complexity index is 601. The predicted octanol–water partition coefficient (Wildman–Crippen LogP) is 0.696. The number of rotatable bonds is 7. The van der Waals surface area contributed by atoms with Gasteiger partial charge in [0.15, 0.2) is 0 Å². The summed E-state index contributed by atoms with van der Waals surface area (Å²) in [6.07, 6.45) is -0.658. The van der Waals surface area contributed by atoms with Gasteiger partial charge < -0.3 is 19.7 Å². The van der Waals surface area contributed by atoms with E-state index in [4.69, 9.17) is 9.47 Å². The van der Waals surface area contributed by atoms with Crippen molar-refractivity contribution >= 4 is 13.3 Å². The van der Waals surface area contributed by atoms with Crippen molar-refractivity contribution in [2.45, 2.75) is 19.3 Å². The molecule has 0 aliphatic rings. The SMILES string of the molecule is Bc1cc(CO)c(OC)c(COC[C@@H](O)c2ccccc2)c1. The summed E-state index contributed by atoms with van der Waals surface area (Å²) in [5.74, 6) is 0.641. The minimum absolute atomic E-state index is 0.0789. The van der Waals surface area contributed by atoms with Gasteiger partial charge in [-0.1, -0.05) is 47.9 Å². The van der Waals surface area contributed by atoms with E-state index >= 15 is 0 Å². The second-order valence-corrected chi connectivity index (χ2v) is 5.22. The van der Waals surface area contributed by atoms with Crippen LogP contribution in [-0.2, 0) is 18.0 Å². The Hall–Kier alpha value is -1.82. The molecule has 0 saturated heterocycles. The quantitative estimate of drug-likeness (QED) is 0.739. The maximum Gasteiger partial charge on any atom is 0.139 e. The van der Waals surface area contributed by atoms with E-state index in [2.05, 4.69) is 0 Å². The first-order valence-electron chi connectivity index (χ1n) is 7.23. The molecule has 0 amide bonds. The molecule has 0 unspecified atom stereocenters. The summed E-state index contributed by atoms with van der Waals surface area (Å²) in [4.78, 5) is 0. The highest BCUT2D eigenvalue weighted by Gasteiger charge is 2.12. The lowest BCUT2D eigenvalue weighted by Gasteiger charge is -2.16. The van der Waals surface area contributed by atoms with Crippen molar-refractivity contribution < 1.29 is 19.7 Å². The molecular formula is C17H21BO4. The second kappa shape index (κ2) is 7.99. The standard InChI is InChI=1S/C17H21BO4/c1-21-17-13(9-19)7-15(18)8-14(17)10-22-11-16(20)12-5-3-2-4-6-12/h2-8,16,19-20H,9-11,18H2,1H3/t16-/m1/s1. The molecule has 2 aromatic carbocycles. The summed E-state index contributed by atoms with van der Waals surface area (Å²) in [5, 5.41) is 19.5. The average Bonchev–Trinajstić information content (AvgIpc) is 2.55. The van der Waals surface area contributed by atoms with Crippen LogP contribution >= 0.6 is 0 Å². The Balaban J connectivity index is 2.01. The van der Waals surface area contributed by atoms with E-state index in [0.717, 1.165) is 22.2 Å². The van der Waals surface area contributed by atoms with Crippen molar-refractivity contribution in [2.75, 3.05) is 13.7 Å². The highest BCUT2D eigenvalue weighted by atomic mass is 16.5. The lowest BCUT2D eigenvalue weighted by Crippen LogP contribution is -2.12. The third-order valence-corrected chi connectivity index (χ3v) is 3.48. The van der Waals surface area contributed by atoms with Gasteiger partial charge in [0, 0.05) is 11.1 Å². The zero-order valence-corrected chi connectivity index (χ0v) is 13.0. The Morgan fingerprint density at radius 2 is 1.82 bits per heavy atom. The molecule has 0 saturated carbocycles. The van der Waals surface area contributed by atoms with Gasteiger partial charge in [-0.2, -0.15) is 0 Å². The number of aliphatic hydroxyl groups excluding tert-OH is 2. The first-order chi connectivity index (χ1) is 10.7. The third-order valence-electron chi connectivity index (χ3n) is 3.48. The molecule has 22 heavy (non-hydrogen) atoms. The number of benzene rings is 2. The molecule has 0 spiro atoms. The van der Waals surface area contributed by atoms with Gasteiger partial charge in [0.25, 0.3) is 0 Å². The molecule has 4 nitrogen and oxygen atoms in total. The van der Waals surface area contributed by atoms with E-state index in [1.807, 2.05) is 50.3 Å². The molecule has 0 radical (unpaired) electrons. The van der Waals surface area contributed by atoms with Crippen LogP contribution in [0.1, 0.15) is 22.8 Å². The van der Waals surface area contributed by atoms with Gasteiger partial charge in [0.05, 0.1) is 26.9 Å². The van der Waals surface area contributed by atoms with Crippen molar-refractivity contribution in [3.05, 3.63) is 59.2 Å². The summed E-state index contributed by atoms with van der Waals surface area (Å²) in [6.45, 7) is 0.446. The van der Waals surface area contributed by atoms with Crippen LogP contribution in [0.3, 0.4) is 0 Å². The zero-order valence-electron chi connectivity index (χ0n) is 13.0. The molecule has 2 rings (SSSR count). The van der Waals surface area contributed by atoms with Crippen LogP contribution in [0.5, 0.6) is 5.75 Å². The maximum absolute atomic E-state index is 10.1. The van der Waals surface area contributed by atoms with Gasteiger partial charge in [-0.25, -0.2) is 0 Å². The molecule has 0 aromatic heterocycles. The third kappa shape index (κ3) is 4.10. The van der Waals surface area contributed by atoms with Crippen LogP contribution in [0.2, 0.25) is 0 Å². The molecule has 0 fully saturated rings. The van der Waals surface area contributed by atoms with E-state index < -0.39 is 6.10 Å². The maximum atomic E-state index is 10.1. The number of methoxy groups -OCH3 is 1. The minimum atomic E-state index is -0.658. The first kappa shape index (κ1) is 16.6. The molecule has 0 heterocycles. The summed E-state index contributed by atoms with van der Waals surface area (Å²) in [5.41, 5.74) is 3.47. The van der Waals surface area contributed by atoms with Crippen molar-refractivity contribution in [1.82, 2.24) is 0 Å². The molecule has 2 aromatic rings.